The Balaban J connectivity index is 1.50. The standard InChI is InChI=1S/C12H18N5O12P3/c13-10-6-11(15-3-14-10)17(4-16-6)7-5-1-12(5,9(19)8(7)18)2-27-31(23,24)29-32(25,26)28-30(20,21)22/h3-5,7-9,18-19H,1-2H2,(H,23,24)(H,25,26)(H2,13,14,15)(H2,20,21,22)/t5-,7-,8+,9+,12-/m1/s1. The molecule has 2 unspecified atom stereocenters. The first kappa shape index (κ1) is 23.8. The van der Waals surface area contributed by atoms with E-state index < -0.39 is 59.7 Å². The molecule has 2 aromatic heterocycles. The number of hydrogen-bond donors (Lipinski definition) is 7. The van der Waals surface area contributed by atoms with Gasteiger partial charge in [0.15, 0.2) is 11.5 Å². The highest BCUT2D eigenvalue weighted by molar-refractivity contribution is 7.66. The average molecular weight is 517 g/mol. The lowest BCUT2D eigenvalue weighted by Crippen LogP contribution is -2.35. The first-order chi connectivity index (χ1) is 14.7. The summed E-state index contributed by atoms with van der Waals surface area (Å²) in [6.07, 6.45) is -0.00416. The number of aromatic nitrogens is 4. The maximum Gasteiger partial charge on any atom is 0.490 e. The first-order valence-corrected chi connectivity index (χ1v) is 13.3. The quantitative estimate of drug-likeness (QED) is 0.208. The highest BCUT2D eigenvalue weighted by Gasteiger charge is 2.72. The molecule has 0 radical (unpaired) electrons. The third-order valence-corrected chi connectivity index (χ3v) is 9.26. The number of rotatable bonds is 8. The van der Waals surface area contributed by atoms with E-state index >= 15 is 0 Å². The van der Waals surface area contributed by atoms with Crippen LogP contribution < -0.4 is 5.73 Å². The van der Waals surface area contributed by atoms with Crippen molar-refractivity contribution in [1.29, 1.82) is 0 Å². The largest absolute Gasteiger partial charge is 0.490 e. The van der Waals surface area contributed by atoms with Gasteiger partial charge >= 0.3 is 23.5 Å². The van der Waals surface area contributed by atoms with Gasteiger partial charge in [0.05, 0.1) is 25.1 Å². The molecule has 17 nitrogen and oxygen atoms in total. The van der Waals surface area contributed by atoms with Crippen LogP contribution in [0.5, 0.6) is 0 Å². The SMILES string of the molecule is Nc1ncnc2c1ncn2[C@H]1[C@H](O)[C@H](O)[C@@]2(COP(=O)(O)OP(=O)(O)OP(=O)(O)O)C[C@H]12. The Hall–Kier alpha value is -1.32. The number of imidazole rings is 1. The van der Waals surface area contributed by atoms with Crippen molar-refractivity contribution in [1.82, 2.24) is 19.5 Å². The maximum atomic E-state index is 12.0. The summed E-state index contributed by atoms with van der Waals surface area (Å²) in [5, 5.41) is 21.2. The highest BCUT2D eigenvalue weighted by Crippen LogP contribution is 2.71. The van der Waals surface area contributed by atoms with Crippen LogP contribution in [0.15, 0.2) is 12.7 Å². The normalized spacial score (nSPS) is 33.6. The highest BCUT2D eigenvalue weighted by atomic mass is 31.3. The zero-order valence-corrected chi connectivity index (χ0v) is 18.4. The summed E-state index contributed by atoms with van der Waals surface area (Å²) < 4.78 is 47.6. The van der Waals surface area contributed by atoms with Crippen molar-refractivity contribution in [3.05, 3.63) is 12.7 Å². The summed E-state index contributed by atoms with van der Waals surface area (Å²) in [4.78, 5) is 48.0. The van der Waals surface area contributed by atoms with Gasteiger partial charge in [-0.3, -0.25) is 4.52 Å². The van der Waals surface area contributed by atoms with Crippen molar-refractivity contribution in [2.45, 2.75) is 24.7 Å². The summed E-state index contributed by atoms with van der Waals surface area (Å²) in [5.74, 6) is -0.370. The van der Waals surface area contributed by atoms with Crippen LogP contribution in [0.2, 0.25) is 0 Å². The molecule has 2 fully saturated rings. The van der Waals surface area contributed by atoms with Gasteiger partial charge in [-0.05, 0) is 12.3 Å². The molecule has 0 spiro atoms. The fourth-order valence-corrected chi connectivity index (χ4v) is 7.22. The van der Waals surface area contributed by atoms with Crippen LogP contribution in [0.1, 0.15) is 12.5 Å². The number of nitrogen functional groups attached to an aromatic ring is 1. The Morgan fingerprint density at radius 3 is 2.44 bits per heavy atom. The Morgan fingerprint density at radius 2 is 1.78 bits per heavy atom. The van der Waals surface area contributed by atoms with E-state index in [4.69, 9.17) is 15.5 Å². The topological polar surface area (TPSA) is 270 Å². The van der Waals surface area contributed by atoms with Crippen LogP contribution >= 0.6 is 23.5 Å². The molecule has 7 atom stereocenters. The zero-order chi connectivity index (χ0) is 23.7. The number of anilines is 1. The molecule has 0 aliphatic heterocycles. The van der Waals surface area contributed by atoms with E-state index in [0.717, 1.165) is 0 Å². The molecule has 0 aromatic carbocycles. The predicted molar refractivity (Wildman–Crippen MR) is 101 cm³/mol. The van der Waals surface area contributed by atoms with Crippen LogP contribution in [-0.2, 0) is 26.8 Å². The van der Waals surface area contributed by atoms with E-state index in [0.29, 0.717) is 5.65 Å². The molecule has 178 valence electrons. The third-order valence-electron chi connectivity index (χ3n) is 5.47. The number of phosphoric acid groups is 3. The summed E-state index contributed by atoms with van der Waals surface area (Å²) >= 11 is 0. The van der Waals surface area contributed by atoms with Crippen molar-refractivity contribution in [2.75, 3.05) is 12.3 Å². The third kappa shape index (κ3) is 4.28. The minimum atomic E-state index is -5.67. The summed E-state index contributed by atoms with van der Waals surface area (Å²) in [7, 11) is -16.6. The molecule has 2 saturated carbocycles. The Labute approximate surface area is 178 Å². The molecule has 4 rings (SSSR count). The lowest BCUT2D eigenvalue weighted by molar-refractivity contribution is -0.0297. The number of phosphoric ester groups is 1. The van der Waals surface area contributed by atoms with Gasteiger partial charge in [-0.25, -0.2) is 28.6 Å². The molecule has 32 heavy (non-hydrogen) atoms. The van der Waals surface area contributed by atoms with Crippen LogP contribution in [0, 0.1) is 11.3 Å². The van der Waals surface area contributed by atoms with Crippen LogP contribution in [0.3, 0.4) is 0 Å². The van der Waals surface area contributed by atoms with Crippen LogP contribution in [0.25, 0.3) is 11.2 Å². The Kier molecular flexibility index (Phi) is 5.66. The average Bonchev–Trinajstić information content (AvgIpc) is 3.12. The van der Waals surface area contributed by atoms with E-state index in [1.807, 2.05) is 0 Å². The zero-order valence-electron chi connectivity index (χ0n) is 15.7. The molecule has 0 bridgehead atoms. The second kappa shape index (κ2) is 7.60. The Bertz CT molecular complexity index is 1200. The Morgan fingerprint density at radius 1 is 1.09 bits per heavy atom. The minimum Gasteiger partial charge on any atom is -0.390 e. The fraction of sp³-hybridized carbons (Fsp3) is 0.583. The number of nitrogens with two attached hydrogens (primary N) is 1. The predicted octanol–water partition coefficient (Wildman–Crippen LogP) is -0.965. The molecule has 20 heteroatoms. The van der Waals surface area contributed by atoms with Crippen LogP contribution in [-0.4, -0.2) is 68.1 Å². The summed E-state index contributed by atoms with van der Waals surface area (Å²) in [6, 6.07) is -0.756. The van der Waals surface area contributed by atoms with Crippen LogP contribution in [0.4, 0.5) is 5.82 Å². The molecular weight excluding hydrogens is 499 g/mol. The lowest BCUT2D eigenvalue weighted by atomic mass is 10.0. The van der Waals surface area contributed by atoms with E-state index in [1.165, 1.54) is 17.2 Å². The molecule has 2 aromatic rings. The van der Waals surface area contributed by atoms with Gasteiger partial charge in [-0.15, -0.1) is 0 Å². The monoisotopic (exact) mass is 517 g/mol. The molecule has 2 heterocycles. The maximum absolute atomic E-state index is 12.0. The van der Waals surface area contributed by atoms with Crippen molar-refractivity contribution in [3.63, 3.8) is 0 Å². The second-order valence-corrected chi connectivity index (χ2v) is 11.8. The number of nitrogens with zero attached hydrogens (tertiary/aromatic N) is 4. The molecular formula is C12H18N5O12P3. The number of aliphatic hydroxyl groups excluding tert-OH is 2. The van der Waals surface area contributed by atoms with E-state index in [2.05, 4.69) is 28.1 Å². The summed E-state index contributed by atoms with van der Waals surface area (Å²) in [5.41, 5.74) is 5.11. The van der Waals surface area contributed by atoms with Gasteiger partial charge in [0.2, 0.25) is 0 Å². The van der Waals surface area contributed by atoms with E-state index in [-0.39, 0.29) is 17.8 Å². The molecule has 0 amide bonds. The van der Waals surface area contributed by atoms with Crippen molar-refractivity contribution in [2.24, 2.45) is 11.3 Å². The molecule has 2 aliphatic rings. The summed E-state index contributed by atoms with van der Waals surface area (Å²) in [6.45, 7) is -0.695. The van der Waals surface area contributed by atoms with Gasteiger partial charge in [0, 0.05) is 5.41 Å². The van der Waals surface area contributed by atoms with E-state index in [9.17, 15) is 33.7 Å². The first-order valence-electron chi connectivity index (χ1n) is 8.73. The number of hydrogen-bond acceptors (Lipinski definition) is 12. The molecule has 2 aliphatic carbocycles. The van der Waals surface area contributed by atoms with E-state index in [1.54, 1.807) is 0 Å². The van der Waals surface area contributed by atoms with Gasteiger partial charge in [-0.1, -0.05) is 0 Å². The van der Waals surface area contributed by atoms with Gasteiger partial charge < -0.3 is 40.1 Å². The van der Waals surface area contributed by atoms with Crippen molar-refractivity contribution >= 4 is 40.4 Å². The molecule has 8 N–H and O–H groups in total. The van der Waals surface area contributed by atoms with Gasteiger partial charge in [0.25, 0.3) is 0 Å². The van der Waals surface area contributed by atoms with Crippen molar-refractivity contribution < 1.29 is 56.6 Å². The van der Waals surface area contributed by atoms with Crippen molar-refractivity contribution in [3.8, 4) is 0 Å². The smallest absolute Gasteiger partial charge is 0.390 e. The van der Waals surface area contributed by atoms with Gasteiger partial charge in [0.1, 0.15) is 17.9 Å². The number of fused-ring (bicyclic) bond motifs is 2. The lowest BCUT2D eigenvalue weighted by Gasteiger charge is -2.24. The van der Waals surface area contributed by atoms with Gasteiger partial charge in [-0.2, -0.15) is 8.62 Å². The second-order valence-electron chi connectivity index (χ2n) is 7.42. The fourth-order valence-electron chi connectivity index (χ4n) is 4.12. The minimum absolute atomic E-state index is 0.108. The number of aliphatic hydroxyl groups is 2. The molecule has 0 saturated heterocycles.